The molecular weight excluding hydrogens is 418 g/mol. The number of piperidine rings is 1. The minimum absolute atomic E-state index is 0.0271. The number of rotatable bonds is 9. The van der Waals surface area contributed by atoms with Gasteiger partial charge in [-0.05, 0) is 75.5 Å². The predicted molar refractivity (Wildman–Crippen MR) is 129 cm³/mol. The summed E-state index contributed by atoms with van der Waals surface area (Å²) in [6.07, 6.45) is 4.66. The summed E-state index contributed by atoms with van der Waals surface area (Å²) in [6, 6.07) is 7.78. The van der Waals surface area contributed by atoms with Crippen LogP contribution in [0.2, 0.25) is 0 Å². The van der Waals surface area contributed by atoms with Crippen LogP contribution in [-0.2, 0) is 11.2 Å². The van der Waals surface area contributed by atoms with E-state index in [1.165, 1.54) is 0 Å². The van der Waals surface area contributed by atoms with E-state index in [1.54, 1.807) is 13.3 Å². The second-order valence-corrected chi connectivity index (χ2v) is 9.15. The Hall–Kier alpha value is -2.71. The average Bonchev–Trinajstić information content (AvgIpc) is 3.29. The lowest BCUT2D eigenvalue weighted by Gasteiger charge is -2.34. The number of anilines is 2. The smallest absolute Gasteiger partial charge is 0.259 e. The number of aromatic nitrogens is 2. The van der Waals surface area contributed by atoms with Gasteiger partial charge in [-0.15, -0.1) is 0 Å². The van der Waals surface area contributed by atoms with Gasteiger partial charge in [-0.3, -0.25) is 9.69 Å². The topological polar surface area (TPSA) is 79.8 Å². The van der Waals surface area contributed by atoms with Crippen molar-refractivity contribution in [1.82, 2.24) is 14.9 Å². The van der Waals surface area contributed by atoms with Crippen molar-refractivity contribution in [3.05, 3.63) is 41.6 Å². The van der Waals surface area contributed by atoms with Gasteiger partial charge in [-0.1, -0.05) is 0 Å². The number of nitrogens with zero attached hydrogens (tertiary/aromatic N) is 4. The summed E-state index contributed by atoms with van der Waals surface area (Å²) in [7, 11) is 1.74. The molecule has 1 saturated heterocycles. The quantitative estimate of drug-likeness (QED) is 0.624. The maximum atomic E-state index is 13.7. The van der Waals surface area contributed by atoms with Gasteiger partial charge in [0.2, 0.25) is 5.95 Å². The summed E-state index contributed by atoms with van der Waals surface area (Å²) in [5.41, 5.74) is 1.77. The number of amides is 1. The van der Waals surface area contributed by atoms with Crippen LogP contribution in [0.4, 0.5) is 11.8 Å². The summed E-state index contributed by atoms with van der Waals surface area (Å²) in [5.74, 6) is 2.45. The van der Waals surface area contributed by atoms with Gasteiger partial charge in [0.25, 0.3) is 5.91 Å². The Bertz CT molecular complexity index is 943. The Balaban J connectivity index is 1.54. The maximum Gasteiger partial charge on any atom is 0.259 e. The Labute approximate surface area is 196 Å². The monoisotopic (exact) mass is 453 g/mol. The molecule has 1 amide bonds. The van der Waals surface area contributed by atoms with Crippen molar-refractivity contribution >= 4 is 17.7 Å². The Kier molecular flexibility index (Phi) is 7.77. The number of methoxy groups -OCH3 is 1. The number of nitrogens with one attached hydrogen (secondary N) is 1. The first-order chi connectivity index (χ1) is 16.0. The Morgan fingerprint density at radius 3 is 2.88 bits per heavy atom. The van der Waals surface area contributed by atoms with E-state index in [9.17, 15) is 4.79 Å². The zero-order chi connectivity index (χ0) is 23.2. The fourth-order valence-corrected chi connectivity index (χ4v) is 4.45. The molecule has 8 nitrogen and oxygen atoms in total. The highest BCUT2D eigenvalue weighted by Crippen LogP contribution is 2.28. The lowest BCUT2D eigenvalue weighted by molar-refractivity contribution is 0.0966. The van der Waals surface area contributed by atoms with E-state index in [0.29, 0.717) is 36.4 Å². The van der Waals surface area contributed by atoms with Crippen molar-refractivity contribution in [2.75, 3.05) is 56.7 Å². The van der Waals surface area contributed by atoms with Crippen LogP contribution in [0.3, 0.4) is 0 Å². The van der Waals surface area contributed by atoms with E-state index in [1.807, 2.05) is 43.0 Å². The highest BCUT2D eigenvalue weighted by molar-refractivity contribution is 6.05. The van der Waals surface area contributed by atoms with Crippen LogP contribution in [0.15, 0.2) is 30.5 Å². The van der Waals surface area contributed by atoms with E-state index >= 15 is 0 Å². The lowest BCUT2D eigenvalue weighted by Crippen LogP contribution is -2.42. The molecule has 0 atom stereocenters. The van der Waals surface area contributed by atoms with Crippen molar-refractivity contribution in [3.8, 4) is 5.75 Å². The van der Waals surface area contributed by atoms with Crippen LogP contribution in [0.25, 0.3) is 0 Å². The Morgan fingerprint density at radius 2 is 2.12 bits per heavy atom. The van der Waals surface area contributed by atoms with Crippen LogP contribution in [0.1, 0.15) is 42.6 Å². The van der Waals surface area contributed by atoms with Crippen LogP contribution in [0.5, 0.6) is 5.75 Å². The average molecular weight is 454 g/mol. The van der Waals surface area contributed by atoms with Crippen molar-refractivity contribution in [3.63, 3.8) is 0 Å². The molecule has 8 heteroatoms. The van der Waals surface area contributed by atoms with E-state index in [0.717, 1.165) is 56.8 Å². The zero-order valence-electron chi connectivity index (χ0n) is 19.9. The second-order valence-electron chi connectivity index (χ2n) is 9.15. The molecule has 1 fully saturated rings. The third-order valence-corrected chi connectivity index (χ3v) is 6.28. The van der Waals surface area contributed by atoms with Gasteiger partial charge in [-0.2, -0.15) is 4.98 Å². The molecule has 4 rings (SSSR count). The minimum Gasteiger partial charge on any atom is -0.493 e. The number of hydrogen-bond donors (Lipinski definition) is 1. The third-order valence-electron chi connectivity index (χ3n) is 6.28. The number of carbonyl (C=O) groups excluding carboxylic acids is 1. The van der Waals surface area contributed by atoms with Gasteiger partial charge in [0.05, 0.1) is 13.2 Å². The molecule has 0 radical (unpaired) electrons. The number of fused-ring (bicyclic) bond motifs is 1. The highest BCUT2D eigenvalue weighted by Gasteiger charge is 2.27. The van der Waals surface area contributed by atoms with Crippen LogP contribution < -0.4 is 15.0 Å². The van der Waals surface area contributed by atoms with Crippen molar-refractivity contribution in [2.24, 2.45) is 5.92 Å². The molecule has 0 spiro atoms. The standard InChI is InChI=1S/C25H35N5O3/c1-18(2)27-25-26-10-6-23(28-25)30(17-19-7-11-29(12-8-19)13-15-32-3)24(31)21-4-5-22-20(16-21)9-14-33-22/h4-6,10,16,18-19H,7-9,11-15,17H2,1-3H3,(H,26,27,28). The molecule has 3 heterocycles. The molecule has 0 saturated carbocycles. The Morgan fingerprint density at radius 1 is 1.30 bits per heavy atom. The van der Waals surface area contributed by atoms with Gasteiger partial charge in [0.15, 0.2) is 0 Å². The van der Waals surface area contributed by atoms with Crippen LogP contribution in [-0.4, -0.2) is 73.3 Å². The SMILES string of the molecule is COCCN1CCC(CN(C(=O)c2ccc3c(c2)CCO3)c2ccnc(NC(C)C)n2)CC1. The first kappa shape index (κ1) is 23.4. The lowest BCUT2D eigenvalue weighted by atomic mass is 9.95. The van der Waals surface area contributed by atoms with Gasteiger partial charge in [0, 0.05) is 44.4 Å². The number of likely N-dealkylation sites (tertiary alicyclic amines) is 1. The van der Waals surface area contributed by atoms with E-state index in [2.05, 4.69) is 20.2 Å². The van der Waals surface area contributed by atoms with Gasteiger partial charge >= 0.3 is 0 Å². The molecule has 0 bridgehead atoms. The largest absolute Gasteiger partial charge is 0.493 e. The summed E-state index contributed by atoms with van der Waals surface area (Å²) in [5, 5.41) is 3.25. The fourth-order valence-electron chi connectivity index (χ4n) is 4.45. The van der Waals surface area contributed by atoms with E-state index < -0.39 is 0 Å². The molecule has 2 aliphatic heterocycles. The highest BCUT2D eigenvalue weighted by atomic mass is 16.5. The minimum atomic E-state index is -0.0271. The second kappa shape index (κ2) is 10.9. The third kappa shape index (κ3) is 6.00. The van der Waals surface area contributed by atoms with Crippen LogP contribution in [0, 0.1) is 5.92 Å². The van der Waals surface area contributed by atoms with E-state index in [-0.39, 0.29) is 11.9 Å². The van der Waals surface area contributed by atoms with Gasteiger partial charge < -0.3 is 19.7 Å². The molecule has 0 aliphatic carbocycles. The molecule has 178 valence electrons. The molecular formula is C25H35N5O3. The van der Waals surface area contributed by atoms with Crippen LogP contribution >= 0.6 is 0 Å². The van der Waals surface area contributed by atoms with Gasteiger partial charge in [-0.25, -0.2) is 4.98 Å². The molecule has 33 heavy (non-hydrogen) atoms. The normalized spacial score (nSPS) is 16.5. The summed E-state index contributed by atoms with van der Waals surface area (Å²) in [6.45, 7) is 9.17. The summed E-state index contributed by atoms with van der Waals surface area (Å²) in [4.78, 5) is 27.0. The molecule has 1 N–H and O–H groups in total. The maximum absolute atomic E-state index is 13.7. The number of carbonyl (C=O) groups is 1. The zero-order valence-corrected chi connectivity index (χ0v) is 19.9. The predicted octanol–water partition coefficient (Wildman–Crippen LogP) is 3.24. The molecule has 1 aromatic heterocycles. The molecule has 1 aromatic carbocycles. The fraction of sp³-hybridized carbons (Fsp3) is 0.560. The van der Waals surface area contributed by atoms with Crippen molar-refractivity contribution in [2.45, 2.75) is 39.2 Å². The summed E-state index contributed by atoms with van der Waals surface area (Å²) >= 11 is 0. The molecule has 0 unspecified atom stereocenters. The number of ether oxygens (including phenoxy) is 2. The van der Waals surface area contributed by atoms with E-state index in [4.69, 9.17) is 9.47 Å². The first-order valence-corrected chi connectivity index (χ1v) is 11.9. The number of benzene rings is 1. The van der Waals surface area contributed by atoms with Crippen molar-refractivity contribution in [1.29, 1.82) is 0 Å². The molecule has 2 aromatic rings. The number of hydrogen-bond acceptors (Lipinski definition) is 7. The van der Waals surface area contributed by atoms with Crippen molar-refractivity contribution < 1.29 is 14.3 Å². The van der Waals surface area contributed by atoms with Gasteiger partial charge in [0.1, 0.15) is 11.6 Å². The first-order valence-electron chi connectivity index (χ1n) is 11.9. The summed E-state index contributed by atoms with van der Waals surface area (Å²) < 4.78 is 10.8. The molecule has 2 aliphatic rings.